The molecule has 1 aliphatic carbocycles. The van der Waals surface area contributed by atoms with Gasteiger partial charge in [-0.2, -0.15) is 0 Å². The van der Waals surface area contributed by atoms with E-state index in [1.165, 1.54) is 12.8 Å². The largest absolute Gasteiger partial charge is 0.353 e. The summed E-state index contributed by atoms with van der Waals surface area (Å²) >= 11 is 0. The Bertz CT molecular complexity index is 205. The lowest BCUT2D eigenvalue weighted by atomic mass is 9.86. The predicted molar refractivity (Wildman–Crippen MR) is 46.8 cm³/mol. The molecule has 2 rings (SSSR count). The molecule has 1 saturated heterocycles. The van der Waals surface area contributed by atoms with E-state index in [0.29, 0.717) is 5.92 Å². The molecule has 1 heterocycles. The first-order chi connectivity index (χ1) is 5.76. The second-order valence-electron chi connectivity index (χ2n) is 3.95. The molecule has 68 valence electrons. The fourth-order valence-electron chi connectivity index (χ4n) is 2.48. The van der Waals surface area contributed by atoms with E-state index in [9.17, 15) is 4.79 Å². The minimum Gasteiger partial charge on any atom is -0.353 e. The quantitative estimate of drug-likeness (QED) is 0.545. The molecular formula is C9H16N2O. The van der Waals surface area contributed by atoms with Gasteiger partial charge in [-0.3, -0.25) is 4.79 Å². The third-order valence-electron chi connectivity index (χ3n) is 3.31. The van der Waals surface area contributed by atoms with E-state index >= 15 is 0 Å². The maximum atomic E-state index is 11.7. The van der Waals surface area contributed by atoms with Gasteiger partial charge in [-0.25, -0.2) is 0 Å². The van der Waals surface area contributed by atoms with Crippen LogP contribution in [-0.2, 0) is 4.79 Å². The first-order valence-corrected chi connectivity index (χ1v) is 4.79. The summed E-state index contributed by atoms with van der Waals surface area (Å²) in [5, 5.41) is 6.33. The fourth-order valence-corrected chi connectivity index (χ4v) is 2.48. The van der Waals surface area contributed by atoms with Crippen LogP contribution in [0.15, 0.2) is 0 Å². The van der Waals surface area contributed by atoms with Gasteiger partial charge in [0.15, 0.2) is 0 Å². The molecule has 1 aliphatic heterocycles. The minimum absolute atomic E-state index is 0.210. The normalized spacial score (nSPS) is 41.8. The van der Waals surface area contributed by atoms with Crippen LogP contribution in [0.1, 0.15) is 26.2 Å². The van der Waals surface area contributed by atoms with Crippen LogP contribution in [0.5, 0.6) is 0 Å². The van der Waals surface area contributed by atoms with Crippen molar-refractivity contribution in [2.24, 2.45) is 5.92 Å². The van der Waals surface area contributed by atoms with Gasteiger partial charge in [-0.1, -0.05) is 13.3 Å². The second kappa shape index (κ2) is 2.73. The molecule has 2 N–H and O–H groups in total. The monoisotopic (exact) mass is 168 g/mol. The standard InChI is InChI=1S/C9H16N2O/c1-7-3-2-4-9(7)8(12)10-5-6-11-9/h7,11H,2-6H2,1H3,(H,10,12). The van der Waals surface area contributed by atoms with Crippen molar-refractivity contribution in [2.45, 2.75) is 31.7 Å². The van der Waals surface area contributed by atoms with Gasteiger partial charge in [-0.05, 0) is 18.8 Å². The van der Waals surface area contributed by atoms with Gasteiger partial charge in [0.2, 0.25) is 5.91 Å². The Labute approximate surface area is 72.9 Å². The highest BCUT2D eigenvalue weighted by molar-refractivity contribution is 5.87. The summed E-state index contributed by atoms with van der Waals surface area (Å²) in [7, 11) is 0. The summed E-state index contributed by atoms with van der Waals surface area (Å²) in [4.78, 5) is 11.7. The molecule has 0 radical (unpaired) electrons. The summed E-state index contributed by atoms with van der Waals surface area (Å²) in [5.74, 6) is 0.719. The summed E-state index contributed by atoms with van der Waals surface area (Å²) in [6.07, 6.45) is 3.38. The smallest absolute Gasteiger partial charge is 0.240 e. The molecule has 2 unspecified atom stereocenters. The fraction of sp³-hybridized carbons (Fsp3) is 0.889. The average Bonchev–Trinajstić information content (AvgIpc) is 2.41. The van der Waals surface area contributed by atoms with Crippen LogP contribution in [0, 0.1) is 5.92 Å². The molecule has 2 atom stereocenters. The topological polar surface area (TPSA) is 41.1 Å². The molecule has 12 heavy (non-hydrogen) atoms. The Hall–Kier alpha value is -0.570. The molecule has 0 aromatic carbocycles. The number of piperazine rings is 1. The van der Waals surface area contributed by atoms with Crippen molar-refractivity contribution in [3.63, 3.8) is 0 Å². The average molecular weight is 168 g/mol. The van der Waals surface area contributed by atoms with Crippen LogP contribution in [-0.4, -0.2) is 24.5 Å². The van der Waals surface area contributed by atoms with Crippen molar-refractivity contribution >= 4 is 5.91 Å². The van der Waals surface area contributed by atoms with Crippen LogP contribution in [0.2, 0.25) is 0 Å². The van der Waals surface area contributed by atoms with E-state index in [-0.39, 0.29) is 11.4 Å². The van der Waals surface area contributed by atoms with Gasteiger partial charge in [0.25, 0.3) is 0 Å². The number of carbonyl (C=O) groups excluding carboxylic acids is 1. The lowest BCUT2D eigenvalue weighted by molar-refractivity contribution is -0.130. The molecule has 0 aromatic rings. The zero-order chi connectivity index (χ0) is 8.60. The first kappa shape index (κ1) is 8.05. The maximum absolute atomic E-state index is 11.7. The van der Waals surface area contributed by atoms with Crippen LogP contribution in [0.4, 0.5) is 0 Å². The molecule has 0 aromatic heterocycles. The van der Waals surface area contributed by atoms with E-state index in [1.807, 2.05) is 0 Å². The second-order valence-corrected chi connectivity index (χ2v) is 3.95. The molecule has 2 aliphatic rings. The van der Waals surface area contributed by atoms with E-state index in [4.69, 9.17) is 0 Å². The van der Waals surface area contributed by atoms with Crippen molar-refractivity contribution in [3.8, 4) is 0 Å². The van der Waals surface area contributed by atoms with Crippen LogP contribution in [0.25, 0.3) is 0 Å². The number of rotatable bonds is 0. The van der Waals surface area contributed by atoms with Crippen molar-refractivity contribution in [1.29, 1.82) is 0 Å². The number of carbonyl (C=O) groups is 1. The molecule has 1 saturated carbocycles. The van der Waals surface area contributed by atoms with Gasteiger partial charge < -0.3 is 10.6 Å². The van der Waals surface area contributed by atoms with Crippen LogP contribution < -0.4 is 10.6 Å². The van der Waals surface area contributed by atoms with Crippen molar-refractivity contribution in [3.05, 3.63) is 0 Å². The van der Waals surface area contributed by atoms with E-state index < -0.39 is 0 Å². The highest BCUT2D eigenvalue weighted by Gasteiger charge is 2.47. The Balaban J connectivity index is 2.21. The highest BCUT2D eigenvalue weighted by atomic mass is 16.2. The van der Waals surface area contributed by atoms with Crippen molar-refractivity contribution < 1.29 is 4.79 Å². The van der Waals surface area contributed by atoms with Crippen molar-refractivity contribution in [2.75, 3.05) is 13.1 Å². The zero-order valence-corrected chi connectivity index (χ0v) is 7.52. The maximum Gasteiger partial charge on any atom is 0.240 e. The highest BCUT2D eigenvalue weighted by Crippen LogP contribution is 2.36. The summed E-state index contributed by atoms with van der Waals surface area (Å²) in [6.45, 7) is 3.88. The van der Waals surface area contributed by atoms with E-state index in [0.717, 1.165) is 19.5 Å². The van der Waals surface area contributed by atoms with Gasteiger partial charge in [0.1, 0.15) is 5.54 Å². The summed E-state index contributed by atoms with van der Waals surface area (Å²) in [5.41, 5.74) is -0.210. The predicted octanol–water partition coefficient (Wildman–Crippen LogP) is 0.265. The SMILES string of the molecule is CC1CCCC12NCCNC2=O. The lowest BCUT2D eigenvalue weighted by Gasteiger charge is -2.37. The van der Waals surface area contributed by atoms with E-state index in [2.05, 4.69) is 17.6 Å². The molecular weight excluding hydrogens is 152 g/mol. The molecule has 1 amide bonds. The third kappa shape index (κ3) is 0.959. The Morgan fingerprint density at radius 1 is 1.50 bits per heavy atom. The van der Waals surface area contributed by atoms with Crippen molar-refractivity contribution in [1.82, 2.24) is 10.6 Å². The molecule has 0 bridgehead atoms. The Morgan fingerprint density at radius 3 is 2.92 bits per heavy atom. The lowest BCUT2D eigenvalue weighted by Crippen LogP contribution is -2.64. The molecule has 1 spiro atoms. The Kier molecular flexibility index (Phi) is 1.83. The minimum atomic E-state index is -0.210. The first-order valence-electron chi connectivity index (χ1n) is 4.79. The van der Waals surface area contributed by atoms with Gasteiger partial charge in [-0.15, -0.1) is 0 Å². The van der Waals surface area contributed by atoms with E-state index in [1.54, 1.807) is 0 Å². The number of amides is 1. The number of hydrogen-bond donors (Lipinski definition) is 2. The van der Waals surface area contributed by atoms with Crippen LogP contribution in [0.3, 0.4) is 0 Å². The number of nitrogens with one attached hydrogen (secondary N) is 2. The Morgan fingerprint density at radius 2 is 2.33 bits per heavy atom. The number of hydrogen-bond acceptors (Lipinski definition) is 2. The molecule has 2 fully saturated rings. The molecule has 3 nitrogen and oxygen atoms in total. The third-order valence-corrected chi connectivity index (χ3v) is 3.31. The summed E-state index contributed by atoms with van der Waals surface area (Å²) < 4.78 is 0. The summed E-state index contributed by atoms with van der Waals surface area (Å²) in [6, 6.07) is 0. The van der Waals surface area contributed by atoms with Gasteiger partial charge >= 0.3 is 0 Å². The van der Waals surface area contributed by atoms with Gasteiger partial charge in [0.05, 0.1) is 0 Å². The van der Waals surface area contributed by atoms with Gasteiger partial charge in [0, 0.05) is 13.1 Å². The zero-order valence-electron chi connectivity index (χ0n) is 7.52. The van der Waals surface area contributed by atoms with Crippen LogP contribution >= 0.6 is 0 Å². The molecule has 3 heteroatoms.